The molecule has 0 heterocycles. The largest absolute Gasteiger partial charge is 0.396 e. The average molecular weight is 340 g/mol. The molecule has 1 fully saturated rings. The zero-order chi connectivity index (χ0) is 17.0. The molecule has 0 radical (unpaired) electrons. The van der Waals surface area contributed by atoms with Gasteiger partial charge >= 0.3 is 6.03 Å². The van der Waals surface area contributed by atoms with Crippen LogP contribution in [0, 0.1) is 5.92 Å². The Morgan fingerprint density at radius 2 is 1.91 bits per heavy atom. The number of benzene rings is 1. The lowest BCUT2D eigenvalue weighted by Crippen LogP contribution is -2.42. The summed E-state index contributed by atoms with van der Waals surface area (Å²) in [6, 6.07) is 5.57. The highest BCUT2D eigenvalue weighted by Gasteiger charge is 2.26. The quantitative estimate of drug-likeness (QED) is 0.883. The van der Waals surface area contributed by atoms with Gasteiger partial charge in [-0.1, -0.05) is 11.6 Å². The van der Waals surface area contributed by atoms with Crippen LogP contribution in [-0.2, 0) is 0 Å². The van der Waals surface area contributed by atoms with E-state index in [2.05, 4.69) is 5.32 Å². The second kappa shape index (κ2) is 7.88. The van der Waals surface area contributed by atoms with E-state index in [1.165, 1.54) is 0 Å². The van der Waals surface area contributed by atoms with Crippen molar-refractivity contribution >= 4 is 29.0 Å². The van der Waals surface area contributed by atoms with Crippen LogP contribution in [0.15, 0.2) is 18.2 Å². The van der Waals surface area contributed by atoms with Crippen LogP contribution in [0.4, 0.5) is 16.2 Å². The van der Waals surface area contributed by atoms with Gasteiger partial charge in [-0.2, -0.15) is 0 Å². The first kappa shape index (κ1) is 17.9. The topological polar surface area (TPSA) is 55.8 Å². The van der Waals surface area contributed by atoms with Crippen molar-refractivity contribution in [1.29, 1.82) is 0 Å². The zero-order valence-electron chi connectivity index (χ0n) is 14.1. The Hall–Kier alpha value is -1.46. The van der Waals surface area contributed by atoms with E-state index in [9.17, 15) is 9.90 Å². The first-order valence-electron chi connectivity index (χ1n) is 8.04. The minimum Gasteiger partial charge on any atom is -0.396 e. The molecule has 0 aliphatic heterocycles. The number of carbonyl (C=O) groups excluding carboxylic acids is 1. The summed E-state index contributed by atoms with van der Waals surface area (Å²) in [7, 11) is 5.69. The van der Waals surface area contributed by atoms with E-state index in [4.69, 9.17) is 11.6 Å². The molecule has 128 valence electrons. The average Bonchev–Trinajstić information content (AvgIpc) is 2.54. The van der Waals surface area contributed by atoms with Crippen LogP contribution in [0.25, 0.3) is 0 Å². The number of urea groups is 1. The number of aliphatic hydroxyl groups is 1. The van der Waals surface area contributed by atoms with E-state index < -0.39 is 0 Å². The predicted molar refractivity (Wildman–Crippen MR) is 95.4 cm³/mol. The Morgan fingerprint density at radius 1 is 1.26 bits per heavy atom. The number of nitrogens with one attached hydrogen (secondary N) is 1. The third-order valence-corrected chi connectivity index (χ3v) is 4.86. The fourth-order valence-corrected chi connectivity index (χ4v) is 3.25. The Kier molecular flexibility index (Phi) is 6.13. The second-order valence-electron chi connectivity index (χ2n) is 6.45. The SMILES string of the molecule is CN(C)c1ccc(Cl)cc1NC(=O)N(C)C1CCC(CO)CC1. The van der Waals surface area contributed by atoms with Crippen molar-refractivity contribution < 1.29 is 9.90 Å². The lowest BCUT2D eigenvalue weighted by molar-refractivity contribution is 0.139. The lowest BCUT2D eigenvalue weighted by Gasteiger charge is -2.34. The maximum Gasteiger partial charge on any atom is 0.321 e. The molecule has 2 rings (SSSR count). The maximum atomic E-state index is 12.6. The fourth-order valence-electron chi connectivity index (χ4n) is 3.08. The highest BCUT2D eigenvalue weighted by atomic mass is 35.5. The van der Waals surface area contributed by atoms with Crippen LogP contribution in [-0.4, -0.2) is 49.8 Å². The maximum absolute atomic E-state index is 12.6. The highest BCUT2D eigenvalue weighted by Crippen LogP contribution is 2.30. The summed E-state index contributed by atoms with van der Waals surface area (Å²) in [6.45, 7) is 0.247. The Balaban J connectivity index is 2.03. The van der Waals surface area contributed by atoms with Gasteiger partial charge in [0.25, 0.3) is 0 Å². The van der Waals surface area contributed by atoms with E-state index >= 15 is 0 Å². The number of nitrogens with zero attached hydrogens (tertiary/aromatic N) is 2. The van der Waals surface area contributed by atoms with Crippen molar-refractivity contribution in [3.05, 3.63) is 23.2 Å². The Morgan fingerprint density at radius 3 is 2.48 bits per heavy atom. The molecular formula is C17H26ClN3O2. The third kappa shape index (κ3) is 4.52. The van der Waals surface area contributed by atoms with Crippen LogP contribution in [0.2, 0.25) is 5.02 Å². The Labute approximate surface area is 143 Å². The summed E-state index contributed by atoms with van der Waals surface area (Å²) < 4.78 is 0. The molecule has 0 aromatic heterocycles. The van der Waals surface area contributed by atoms with E-state index in [1.54, 1.807) is 11.0 Å². The second-order valence-corrected chi connectivity index (χ2v) is 6.89. The molecule has 0 atom stereocenters. The Bertz CT molecular complexity index is 543. The molecule has 0 unspecified atom stereocenters. The van der Waals surface area contributed by atoms with Crippen LogP contribution in [0.3, 0.4) is 0 Å². The van der Waals surface area contributed by atoms with Gasteiger partial charge in [-0.15, -0.1) is 0 Å². The molecule has 0 spiro atoms. The fraction of sp³-hybridized carbons (Fsp3) is 0.588. The molecule has 2 N–H and O–H groups in total. The van der Waals surface area contributed by atoms with Crippen molar-refractivity contribution in [2.24, 2.45) is 5.92 Å². The number of hydrogen-bond acceptors (Lipinski definition) is 3. The minimum absolute atomic E-state index is 0.122. The molecule has 23 heavy (non-hydrogen) atoms. The van der Waals surface area contributed by atoms with Crippen LogP contribution in [0.5, 0.6) is 0 Å². The molecule has 5 nitrogen and oxygen atoms in total. The summed E-state index contributed by atoms with van der Waals surface area (Å²) in [5, 5.41) is 12.8. The monoisotopic (exact) mass is 339 g/mol. The van der Waals surface area contributed by atoms with Crippen molar-refractivity contribution in [2.75, 3.05) is 38.0 Å². The van der Waals surface area contributed by atoms with Gasteiger partial charge in [0.1, 0.15) is 0 Å². The predicted octanol–water partition coefficient (Wildman–Crippen LogP) is 3.42. The van der Waals surface area contributed by atoms with Crippen LogP contribution < -0.4 is 10.2 Å². The normalized spacial score (nSPS) is 20.9. The van der Waals surface area contributed by atoms with Gasteiger partial charge in [-0.3, -0.25) is 0 Å². The first-order valence-corrected chi connectivity index (χ1v) is 8.41. The van der Waals surface area contributed by atoms with Gasteiger partial charge in [0, 0.05) is 38.8 Å². The molecule has 6 heteroatoms. The van der Waals surface area contributed by atoms with Gasteiger partial charge in [0.15, 0.2) is 0 Å². The molecule has 1 aromatic carbocycles. The van der Waals surface area contributed by atoms with E-state index in [1.807, 2.05) is 38.2 Å². The van der Waals surface area contributed by atoms with E-state index in [0.29, 0.717) is 16.6 Å². The number of carbonyl (C=O) groups is 1. The zero-order valence-corrected chi connectivity index (χ0v) is 14.8. The molecule has 0 bridgehead atoms. The summed E-state index contributed by atoms with van der Waals surface area (Å²) in [5.74, 6) is 0.385. The molecule has 1 aliphatic carbocycles. The van der Waals surface area contributed by atoms with Gasteiger partial charge in [0.05, 0.1) is 11.4 Å². The molecule has 1 aromatic rings. The van der Waals surface area contributed by atoms with Gasteiger partial charge in [0.2, 0.25) is 0 Å². The lowest BCUT2D eigenvalue weighted by atomic mass is 9.86. The van der Waals surface area contributed by atoms with Gasteiger partial charge < -0.3 is 20.2 Å². The standard InChI is InChI=1S/C17H26ClN3O2/c1-20(2)16-9-6-13(18)10-15(16)19-17(23)21(3)14-7-4-12(11-22)5-8-14/h6,9-10,12,14,22H,4-5,7-8,11H2,1-3H3,(H,19,23). The number of aliphatic hydroxyl groups excluding tert-OH is 1. The van der Waals surface area contributed by atoms with Gasteiger partial charge in [-0.25, -0.2) is 4.79 Å². The van der Waals surface area contributed by atoms with Gasteiger partial charge in [-0.05, 0) is 49.8 Å². The van der Waals surface area contributed by atoms with Crippen LogP contribution in [0.1, 0.15) is 25.7 Å². The minimum atomic E-state index is -0.122. The summed E-state index contributed by atoms with van der Waals surface area (Å²) in [4.78, 5) is 16.3. The van der Waals surface area contributed by atoms with Crippen molar-refractivity contribution in [3.8, 4) is 0 Å². The molecular weight excluding hydrogens is 314 g/mol. The number of rotatable bonds is 4. The number of amides is 2. The van der Waals surface area contributed by atoms with Crippen molar-refractivity contribution in [2.45, 2.75) is 31.7 Å². The summed E-state index contributed by atoms with van der Waals surface area (Å²) in [6.07, 6.45) is 3.81. The van der Waals surface area contributed by atoms with Crippen LogP contribution >= 0.6 is 11.6 Å². The van der Waals surface area contributed by atoms with Crippen molar-refractivity contribution in [1.82, 2.24) is 4.90 Å². The van der Waals surface area contributed by atoms with E-state index in [-0.39, 0.29) is 18.7 Å². The summed E-state index contributed by atoms with van der Waals surface area (Å²) in [5.41, 5.74) is 1.63. The number of hydrogen-bond donors (Lipinski definition) is 2. The van der Waals surface area contributed by atoms with Crippen molar-refractivity contribution in [3.63, 3.8) is 0 Å². The molecule has 1 saturated carbocycles. The third-order valence-electron chi connectivity index (χ3n) is 4.62. The summed E-state index contributed by atoms with van der Waals surface area (Å²) >= 11 is 6.06. The number of anilines is 2. The molecule has 2 amide bonds. The molecule has 0 saturated heterocycles. The smallest absolute Gasteiger partial charge is 0.321 e. The highest BCUT2D eigenvalue weighted by molar-refractivity contribution is 6.31. The first-order chi connectivity index (χ1) is 10.9. The number of halogens is 1. The molecule has 1 aliphatic rings. The van der Waals surface area contributed by atoms with E-state index in [0.717, 1.165) is 31.4 Å².